The lowest BCUT2D eigenvalue weighted by atomic mass is 10.1. The Bertz CT molecular complexity index is 873. The molecule has 6 heteroatoms. The summed E-state index contributed by atoms with van der Waals surface area (Å²) in [7, 11) is 0. The van der Waals surface area contributed by atoms with Crippen molar-refractivity contribution in [2.24, 2.45) is 0 Å². The Kier molecular flexibility index (Phi) is 5.41. The first-order valence-corrected chi connectivity index (χ1v) is 8.45. The summed E-state index contributed by atoms with van der Waals surface area (Å²) in [5.74, 6) is 0.440. The summed E-state index contributed by atoms with van der Waals surface area (Å²) in [6.07, 6.45) is 0.599. The van der Waals surface area contributed by atoms with Gasteiger partial charge in [0.25, 0.3) is 0 Å². The highest BCUT2D eigenvalue weighted by atomic mass is 19.1. The molecule has 1 heterocycles. The van der Waals surface area contributed by atoms with Gasteiger partial charge in [-0.25, -0.2) is 4.39 Å². The monoisotopic (exact) mass is 353 g/mol. The minimum atomic E-state index is -0.298. The fourth-order valence-electron chi connectivity index (χ4n) is 2.54. The number of rotatable bonds is 6. The number of halogens is 1. The molecule has 3 aromatic rings. The number of aromatic nitrogens is 2. The van der Waals surface area contributed by atoms with E-state index in [2.05, 4.69) is 15.5 Å². The number of hydrogen-bond acceptors (Lipinski definition) is 4. The Morgan fingerprint density at radius 1 is 1.12 bits per heavy atom. The lowest BCUT2D eigenvalue weighted by Crippen LogP contribution is -2.26. The van der Waals surface area contributed by atoms with Crippen molar-refractivity contribution >= 4 is 5.91 Å². The van der Waals surface area contributed by atoms with Crippen LogP contribution >= 0.6 is 0 Å². The first kappa shape index (κ1) is 17.8. The van der Waals surface area contributed by atoms with Gasteiger partial charge in [-0.2, -0.15) is 0 Å². The van der Waals surface area contributed by atoms with Crippen LogP contribution in [0.2, 0.25) is 0 Å². The van der Waals surface area contributed by atoms with Gasteiger partial charge in [0, 0.05) is 18.4 Å². The van der Waals surface area contributed by atoms with Crippen LogP contribution in [0.4, 0.5) is 4.39 Å². The van der Waals surface area contributed by atoms with E-state index >= 15 is 0 Å². The van der Waals surface area contributed by atoms with Gasteiger partial charge in [-0.1, -0.05) is 29.8 Å². The van der Waals surface area contributed by atoms with E-state index in [9.17, 15) is 9.18 Å². The van der Waals surface area contributed by atoms with Crippen molar-refractivity contribution in [2.45, 2.75) is 32.7 Å². The summed E-state index contributed by atoms with van der Waals surface area (Å²) in [6, 6.07) is 13.7. The molecule has 0 spiro atoms. The first-order chi connectivity index (χ1) is 12.5. The summed E-state index contributed by atoms with van der Waals surface area (Å²) in [5.41, 5.74) is 2.85. The molecule has 2 aromatic carbocycles. The zero-order valence-electron chi connectivity index (χ0n) is 14.7. The smallest absolute Gasteiger partial charge is 0.247 e. The van der Waals surface area contributed by atoms with Crippen LogP contribution in [0.3, 0.4) is 0 Å². The fourth-order valence-corrected chi connectivity index (χ4v) is 2.54. The molecular formula is C20H20FN3O2. The van der Waals surface area contributed by atoms with E-state index in [1.165, 1.54) is 12.1 Å². The highest BCUT2D eigenvalue weighted by Crippen LogP contribution is 2.19. The molecular weight excluding hydrogens is 333 g/mol. The SMILES string of the molecule is Cc1ccc(-c2nnc(CCC(=O)N[C@@H](C)c3ccc(F)cc3)o2)cc1. The van der Waals surface area contributed by atoms with Crippen LogP contribution in [-0.4, -0.2) is 16.1 Å². The molecule has 5 nitrogen and oxygen atoms in total. The van der Waals surface area contributed by atoms with Crippen molar-refractivity contribution in [1.82, 2.24) is 15.5 Å². The maximum atomic E-state index is 13.0. The van der Waals surface area contributed by atoms with Crippen molar-refractivity contribution in [3.05, 3.63) is 71.4 Å². The molecule has 0 aliphatic rings. The molecule has 0 saturated carbocycles. The zero-order valence-corrected chi connectivity index (χ0v) is 14.7. The van der Waals surface area contributed by atoms with Gasteiger partial charge in [-0.3, -0.25) is 4.79 Å². The Hall–Kier alpha value is -3.02. The van der Waals surface area contributed by atoms with E-state index in [1.807, 2.05) is 38.1 Å². The molecule has 1 amide bonds. The van der Waals surface area contributed by atoms with E-state index < -0.39 is 0 Å². The van der Waals surface area contributed by atoms with Gasteiger partial charge in [0.2, 0.25) is 17.7 Å². The molecule has 1 atom stereocenters. The van der Waals surface area contributed by atoms with Gasteiger partial charge in [-0.05, 0) is 43.7 Å². The summed E-state index contributed by atoms with van der Waals surface area (Å²) < 4.78 is 18.6. The standard InChI is InChI=1S/C20H20FN3O2/c1-13-3-5-16(6-4-13)20-24-23-19(26-20)12-11-18(25)22-14(2)15-7-9-17(21)10-8-15/h3-10,14H,11-12H2,1-2H3,(H,22,25)/t14-/m0/s1. The number of amides is 1. The molecule has 0 aliphatic heterocycles. The largest absolute Gasteiger partial charge is 0.421 e. The van der Waals surface area contributed by atoms with E-state index in [1.54, 1.807) is 12.1 Å². The average molecular weight is 353 g/mol. The second kappa shape index (κ2) is 7.91. The van der Waals surface area contributed by atoms with Crippen LogP contribution in [0.25, 0.3) is 11.5 Å². The molecule has 0 fully saturated rings. The Morgan fingerprint density at radius 3 is 2.50 bits per heavy atom. The normalized spacial score (nSPS) is 12.0. The van der Waals surface area contributed by atoms with Crippen LogP contribution in [0.1, 0.15) is 36.4 Å². The molecule has 0 bridgehead atoms. The summed E-state index contributed by atoms with van der Waals surface area (Å²) in [5, 5.41) is 10.9. The number of nitrogens with one attached hydrogen (secondary N) is 1. The van der Waals surface area contributed by atoms with Crippen molar-refractivity contribution in [3.8, 4) is 11.5 Å². The predicted molar refractivity (Wildman–Crippen MR) is 95.7 cm³/mol. The Labute approximate surface area is 151 Å². The summed E-state index contributed by atoms with van der Waals surface area (Å²) >= 11 is 0. The highest BCUT2D eigenvalue weighted by Gasteiger charge is 2.13. The third-order valence-corrected chi connectivity index (χ3v) is 4.08. The molecule has 134 valence electrons. The van der Waals surface area contributed by atoms with Gasteiger partial charge < -0.3 is 9.73 Å². The fraction of sp³-hybridized carbons (Fsp3) is 0.250. The van der Waals surface area contributed by atoms with Gasteiger partial charge in [0.1, 0.15) is 5.82 Å². The number of benzene rings is 2. The zero-order chi connectivity index (χ0) is 18.5. The first-order valence-electron chi connectivity index (χ1n) is 8.45. The summed E-state index contributed by atoms with van der Waals surface area (Å²) in [6.45, 7) is 3.86. The lowest BCUT2D eigenvalue weighted by molar-refractivity contribution is -0.121. The molecule has 1 aromatic heterocycles. The molecule has 0 radical (unpaired) electrons. The van der Waals surface area contributed by atoms with Gasteiger partial charge in [0.05, 0.1) is 6.04 Å². The minimum Gasteiger partial charge on any atom is -0.421 e. The van der Waals surface area contributed by atoms with Gasteiger partial charge in [0.15, 0.2) is 0 Å². The lowest BCUT2D eigenvalue weighted by Gasteiger charge is -2.13. The molecule has 26 heavy (non-hydrogen) atoms. The van der Waals surface area contributed by atoms with Crippen molar-refractivity contribution < 1.29 is 13.6 Å². The van der Waals surface area contributed by atoms with E-state index in [0.29, 0.717) is 18.2 Å². The predicted octanol–water partition coefficient (Wildman–Crippen LogP) is 3.99. The van der Waals surface area contributed by atoms with Crippen LogP contribution in [0.15, 0.2) is 52.9 Å². The Morgan fingerprint density at radius 2 is 1.81 bits per heavy atom. The highest BCUT2D eigenvalue weighted by molar-refractivity contribution is 5.76. The number of carbonyl (C=O) groups excluding carboxylic acids is 1. The van der Waals surface area contributed by atoms with E-state index in [0.717, 1.165) is 16.7 Å². The minimum absolute atomic E-state index is 0.128. The topological polar surface area (TPSA) is 68.0 Å². The van der Waals surface area contributed by atoms with Gasteiger partial charge >= 0.3 is 0 Å². The quantitative estimate of drug-likeness (QED) is 0.727. The second-order valence-corrected chi connectivity index (χ2v) is 6.21. The van der Waals surface area contributed by atoms with Crippen molar-refractivity contribution in [1.29, 1.82) is 0 Å². The Balaban J connectivity index is 1.53. The van der Waals surface area contributed by atoms with E-state index in [-0.39, 0.29) is 24.2 Å². The molecule has 3 rings (SSSR count). The third-order valence-electron chi connectivity index (χ3n) is 4.08. The third kappa shape index (κ3) is 4.53. The molecule has 0 aliphatic carbocycles. The van der Waals surface area contributed by atoms with Gasteiger partial charge in [-0.15, -0.1) is 10.2 Å². The van der Waals surface area contributed by atoms with Crippen LogP contribution < -0.4 is 5.32 Å². The number of nitrogens with zero attached hydrogens (tertiary/aromatic N) is 2. The molecule has 1 N–H and O–H groups in total. The maximum absolute atomic E-state index is 13.0. The van der Waals surface area contributed by atoms with Crippen LogP contribution in [-0.2, 0) is 11.2 Å². The van der Waals surface area contributed by atoms with E-state index in [4.69, 9.17) is 4.42 Å². The van der Waals surface area contributed by atoms with Crippen molar-refractivity contribution in [2.75, 3.05) is 0 Å². The molecule has 0 saturated heterocycles. The van der Waals surface area contributed by atoms with Crippen LogP contribution in [0.5, 0.6) is 0 Å². The summed E-state index contributed by atoms with van der Waals surface area (Å²) in [4.78, 5) is 12.1. The van der Waals surface area contributed by atoms with Crippen molar-refractivity contribution in [3.63, 3.8) is 0 Å². The molecule has 0 unspecified atom stereocenters. The average Bonchev–Trinajstić information content (AvgIpc) is 3.10. The van der Waals surface area contributed by atoms with Crippen LogP contribution in [0, 0.1) is 12.7 Å². The number of hydrogen-bond donors (Lipinski definition) is 1. The number of carbonyl (C=O) groups is 1. The second-order valence-electron chi connectivity index (χ2n) is 6.21. The number of aryl methyl sites for hydroxylation is 2. The maximum Gasteiger partial charge on any atom is 0.247 e.